The van der Waals surface area contributed by atoms with Crippen molar-refractivity contribution < 1.29 is 19.1 Å². The van der Waals surface area contributed by atoms with Crippen LogP contribution in [0.1, 0.15) is 47.4 Å². The van der Waals surface area contributed by atoms with E-state index < -0.39 is 18.2 Å². The van der Waals surface area contributed by atoms with E-state index in [2.05, 4.69) is 6.58 Å². The molecule has 26 heavy (non-hydrogen) atoms. The molecular formula is C22H24O4. The van der Waals surface area contributed by atoms with Gasteiger partial charge in [0, 0.05) is 12.8 Å². The van der Waals surface area contributed by atoms with Gasteiger partial charge in [-0.05, 0) is 38.1 Å². The third kappa shape index (κ3) is 6.20. The molecule has 0 fully saturated rings. The molecule has 2 aromatic carbocycles. The summed E-state index contributed by atoms with van der Waals surface area (Å²) in [5, 5.41) is 0. The van der Waals surface area contributed by atoms with Crippen LogP contribution in [0.15, 0.2) is 72.8 Å². The molecule has 0 heterocycles. The Bertz CT molecular complexity index is 737. The van der Waals surface area contributed by atoms with Gasteiger partial charge >= 0.3 is 11.9 Å². The standard InChI is InChI=1S/C22H24O4/c1-16(2)14-20(26-22(24)19-12-8-5-9-13-19)15-17(3)25-21(23)18-10-6-4-7-11-18/h4-13,17,20H,1,14-15H2,2-3H3. The maximum absolute atomic E-state index is 12.3. The number of hydrogen-bond donors (Lipinski definition) is 0. The van der Waals surface area contributed by atoms with Crippen LogP contribution in [0.2, 0.25) is 0 Å². The van der Waals surface area contributed by atoms with Crippen LogP contribution in [-0.4, -0.2) is 24.1 Å². The number of rotatable bonds is 8. The molecule has 2 unspecified atom stereocenters. The van der Waals surface area contributed by atoms with E-state index in [1.165, 1.54) is 0 Å². The Balaban J connectivity index is 1.97. The first-order valence-electron chi connectivity index (χ1n) is 8.62. The van der Waals surface area contributed by atoms with Gasteiger partial charge in [-0.1, -0.05) is 42.0 Å². The summed E-state index contributed by atoms with van der Waals surface area (Å²) in [6, 6.07) is 17.6. The van der Waals surface area contributed by atoms with Crippen LogP contribution in [0, 0.1) is 0 Å². The SMILES string of the molecule is C=C(C)CC(CC(C)OC(=O)c1ccccc1)OC(=O)c1ccccc1. The van der Waals surface area contributed by atoms with Gasteiger partial charge in [-0.15, -0.1) is 6.58 Å². The first-order valence-corrected chi connectivity index (χ1v) is 8.62. The fraction of sp³-hybridized carbons (Fsp3) is 0.273. The predicted molar refractivity (Wildman–Crippen MR) is 101 cm³/mol. The van der Waals surface area contributed by atoms with Crippen LogP contribution in [-0.2, 0) is 9.47 Å². The average Bonchev–Trinajstić information content (AvgIpc) is 2.62. The highest BCUT2D eigenvalue weighted by Gasteiger charge is 2.21. The molecule has 2 rings (SSSR count). The van der Waals surface area contributed by atoms with Crippen molar-refractivity contribution in [1.82, 2.24) is 0 Å². The normalized spacial score (nSPS) is 12.7. The van der Waals surface area contributed by atoms with Crippen LogP contribution in [0.3, 0.4) is 0 Å². The summed E-state index contributed by atoms with van der Waals surface area (Å²) in [6.07, 6.45) is 0.130. The molecule has 0 radical (unpaired) electrons. The zero-order valence-electron chi connectivity index (χ0n) is 15.2. The van der Waals surface area contributed by atoms with Crippen LogP contribution in [0.25, 0.3) is 0 Å². The van der Waals surface area contributed by atoms with E-state index in [9.17, 15) is 9.59 Å². The largest absolute Gasteiger partial charge is 0.459 e. The highest BCUT2D eigenvalue weighted by atomic mass is 16.6. The lowest BCUT2D eigenvalue weighted by molar-refractivity contribution is 0.00381. The summed E-state index contributed by atoms with van der Waals surface area (Å²) < 4.78 is 11.1. The Morgan fingerprint density at radius 3 is 1.81 bits per heavy atom. The van der Waals surface area contributed by atoms with E-state index >= 15 is 0 Å². The first kappa shape index (κ1) is 19.4. The van der Waals surface area contributed by atoms with E-state index in [1.54, 1.807) is 55.5 Å². The number of ether oxygens (including phenoxy) is 2. The monoisotopic (exact) mass is 352 g/mol. The lowest BCUT2D eigenvalue weighted by Gasteiger charge is -2.22. The smallest absolute Gasteiger partial charge is 0.338 e. The topological polar surface area (TPSA) is 52.6 Å². The summed E-state index contributed by atoms with van der Waals surface area (Å²) in [7, 11) is 0. The highest BCUT2D eigenvalue weighted by Crippen LogP contribution is 2.17. The zero-order chi connectivity index (χ0) is 18.9. The van der Waals surface area contributed by atoms with Gasteiger partial charge in [-0.25, -0.2) is 9.59 Å². The molecular weight excluding hydrogens is 328 g/mol. The highest BCUT2D eigenvalue weighted by molar-refractivity contribution is 5.90. The van der Waals surface area contributed by atoms with Gasteiger partial charge in [-0.3, -0.25) is 0 Å². The van der Waals surface area contributed by atoms with Crippen LogP contribution in [0.4, 0.5) is 0 Å². The van der Waals surface area contributed by atoms with Crippen molar-refractivity contribution in [2.24, 2.45) is 0 Å². The van der Waals surface area contributed by atoms with Crippen molar-refractivity contribution in [3.63, 3.8) is 0 Å². The van der Waals surface area contributed by atoms with Crippen molar-refractivity contribution in [3.05, 3.63) is 83.9 Å². The molecule has 0 spiro atoms. The molecule has 136 valence electrons. The fourth-order valence-electron chi connectivity index (χ4n) is 2.60. The Morgan fingerprint density at radius 2 is 1.35 bits per heavy atom. The Kier molecular flexibility index (Phi) is 7.15. The molecule has 0 bridgehead atoms. The van der Waals surface area contributed by atoms with E-state index in [-0.39, 0.29) is 5.97 Å². The minimum atomic E-state index is -0.404. The molecule has 2 atom stereocenters. The number of hydrogen-bond acceptors (Lipinski definition) is 4. The van der Waals surface area contributed by atoms with Crippen LogP contribution >= 0.6 is 0 Å². The molecule has 2 aromatic rings. The van der Waals surface area contributed by atoms with E-state index in [1.807, 2.05) is 19.1 Å². The van der Waals surface area contributed by atoms with Gasteiger partial charge in [0.25, 0.3) is 0 Å². The molecule has 0 saturated carbocycles. The Morgan fingerprint density at radius 1 is 0.885 bits per heavy atom. The molecule has 0 saturated heterocycles. The van der Waals surface area contributed by atoms with Gasteiger partial charge in [0.2, 0.25) is 0 Å². The molecule has 0 aliphatic carbocycles. The lowest BCUT2D eigenvalue weighted by Crippen LogP contribution is -2.26. The van der Waals surface area contributed by atoms with Crippen LogP contribution in [0.5, 0.6) is 0 Å². The summed E-state index contributed by atoms with van der Waals surface area (Å²) in [5.41, 5.74) is 1.89. The first-order chi connectivity index (χ1) is 12.5. The maximum Gasteiger partial charge on any atom is 0.338 e. The minimum absolute atomic E-state index is 0.387. The molecule has 4 nitrogen and oxygen atoms in total. The van der Waals surface area contributed by atoms with Crippen molar-refractivity contribution in [1.29, 1.82) is 0 Å². The second-order valence-electron chi connectivity index (χ2n) is 6.37. The third-order valence-electron chi connectivity index (χ3n) is 3.77. The van der Waals surface area contributed by atoms with Crippen LogP contribution < -0.4 is 0 Å². The number of carbonyl (C=O) groups is 2. The van der Waals surface area contributed by atoms with Gasteiger partial charge in [0.15, 0.2) is 0 Å². The summed E-state index contributed by atoms with van der Waals surface area (Å²) >= 11 is 0. The van der Waals surface area contributed by atoms with Gasteiger partial charge in [-0.2, -0.15) is 0 Å². The molecule has 0 aliphatic rings. The minimum Gasteiger partial charge on any atom is -0.459 e. The molecule has 0 aromatic heterocycles. The Hall–Kier alpha value is -2.88. The van der Waals surface area contributed by atoms with Gasteiger partial charge in [0.1, 0.15) is 12.2 Å². The second kappa shape index (κ2) is 9.56. The van der Waals surface area contributed by atoms with E-state index in [4.69, 9.17) is 9.47 Å². The molecule has 4 heteroatoms. The molecule has 0 aliphatic heterocycles. The number of esters is 2. The molecule has 0 amide bonds. The van der Waals surface area contributed by atoms with Gasteiger partial charge in [0.05, 0.1) is 11.1 Å². The van der Waals surface area contributed by atoms with Crippen molar-refractivity contribution in [2.75, 3.05) is 0 Å². The lowest BCUT2D eigenvalue weighted by atomic mass is 10.1. The predicted octanol–water partition coefficient (Wildman–Crippen LogP) is 4.81. The number of carbonyl (C=O) groups excluding carboxylic acids is 2. The van der Waals surface area contributed by atoms with E-state index in [0.717, 1.165) is 5.57 Å². The fourth-order valence-corrected chi connectivity index (χ4v) is 2.60. The summed E-state index contributed by atoms with van der Waals surface area (Å²) in [6.45, 7) is 7.56. The maximum atomic E-state index is 12.3. The third-order valence-corrected chi connectivity index (χ3v) is 3.77. The second-order valence-corrected chi connectivity index (χ2v) is 6.37. The van der Waals surface area contributed by atoms with Crippen molar-refractivity contribution in [2.45, 2.75) is 38.9 Å². The Labute approximate surface area is 154 Å². The average molecular weight is 352 g/mol. The zero-order valence-corrected chi connectivity index (χ0v) is 15.2. The number of benzene rings is 2. The quantitative estimate of drug-likeness (QED) is 0.505. The van der Waals surface area contributed by atoms with E-state index in [0.29, 0.717) is 24.0 Å². The summed E-state index contributed by atoms with van der Waals surface area (Å²) in [5.74, 6) is -0.778. The van der Waals surface area contributed by atoms with Crippen molar-refractivity contribution in [3.8, 4) is 0 Å². The van der Waals surface area contributed by atoms with Gasteiger partial charge < -0.3 is 9.47 Å². The summed E-state index contributed by atoms with van der Waals surface area (Å²) in [4.78, 5) is 24.5. The molecule has 0 N–H and O–H groups in total. The van der Waals surface area contributed by atoms with Crippen molar-refractivity contribution >= 4 is 11.9 Å².